The standard InChI is InChI=1S/C19H10ClF5N2/c20-18-14(8-27)11(1-3-15(18)19(23,24)25)12-2-4-16(22)13-6-10(21)5-9(7-26)17(12)13/h1,3,5-6,12,16H,2,4H2/t12-,16-/m1/s1. The maximum atomic E-state index is 14.3. The van der Waals surface area contributed by atoms with Gasteiger partial charge in [-0.3, -0.25) is 0 Å². The van der Waals surface area contributed by atoms with Gasteiger partial charge in [0.2, 0.25) is 0 Å². The highest BCUT2D eigenvalue weighted by atomic mass is 35.5. The van der Waals surface area contributed by atoms with Crippen LogP contribution >= 0.6 is 11.6 Å². The minimum absolute atomic E-state index is 0.0184. The van der Waals surface area contributed by atoms with Crippen LogP contribution in [0.25, 0.3) is 0 Å². The number of hydrogen-bond acceptors (Lipinski definition) is 2. The number of halogens is 6. The van der Waals surface area contributed by atoms with Crippen LogP contribution in [0.15, 0.2) is 24.3 Å². The highest BCUT2D eigenvalue weighted by Gasteiger charge is 2.37. The lowest BCUT2D eigenvalue weighted by molar-refractivity contribution is -0.137. The second kappa shape index (κ2) is 6.83. The zero-order valence-electron chi connectivity index (χ0n) is 13.5. The predicted molar refractivity (Wildman–Crippen MR) is 87.2 cm³/mol. The number of alkyl halides is 4. The molecular weight excluding hydrogens is 387 g/mol. The van der Waals surface area contributed by atoms with E-state index < -0.39 is 34.7 Å². The molecule has 8 heteroatoms. The lowest BCUT2D eigenvalue weighted by atomic mass is 9.75. The lowest BCUT2D eigenvalue weighted by Gasteiger charge is -2.30. The van der Waals surface area contributed by atoms with E-state index in [1.165, 1.54) is 0 Å². The van der Waals surface area contributed by atoms with Gasteiger partial charge in [-0.1, -0.05) is 17.7 Å². The molecule has 0 radical (unpaired) electrons. The molecule has 0 aliphatic heterocycles. The van der Waals surface area contributed by atoms with Gasteiger partial charge in [0.15, 0.2) is 0 Å². The van der Waals surface area contributed by atoms with Crippen LogP contribution < -0.4 is 0 Å². The molecule has 0 saturated heterocycles. The molecule has 0 fully saturated rings. The molecular formula is C19H10ClF5N2. The summed E-state index contributed by atoms with van der Waals surface area (Å²) in [5.74, 6) is -1.52. The third kappa shape index (κ3) is 3.24. The minimum atomic E-state index is -4.74. The molecule has 0 amide bonds. The second-order valence-electron chi connectivity index (χ2n) is 6.17. The molecule has 0 spiro atoms. The maximum Gasteiger partial charge on any atom is 0.417 e. The Labute approximate surface area is 156 Å². The third-order valence-corrected chi connectivity index (χ3v) is 5.05. The Morgan fingerprint density at radius 2 is 1.74 bits per heavy atom. The number of nitrogens with zero attached hydrogens (tertiary/aromatic N) is 2. The summed E-state index contributed by atoms with van der Waals surface area (Å²) in [6.07, 6.45) is -6.12. The van der Waals surface area contributed by atoms with E-state index >= 15 is 0 Å². The molecule has 2 aromatic carbocycles. The monoisotopic (exact) mass is 396 g/mol. The largest absolute Gasteiger partial charge is 0.417 e. The van der Waals surface area contributed by atoms with Crippen molar-refractivity contribution in [2.45, 2.75) is 31.1 Å². The van der Waals surface area contributed by atoms with E-state index in [-0.39, 0.29) is 40.7 Å². The summed E-state index contributed by atoms with van der Waals surface area (Å²) in [6, 6.07) is 7.28. The van der Waals surface area contributed by atoms with Crippen molar-refractivity contribution < 1.29 is 22.0 Å². The molecule has 0 aromatic heterocycles. The van der Waals surface area contributed by atoms with Crippen LogP contribution in [0.2, 0.25) is 5.02 Å². The number of benzene rings is 2. The molecule has 0 N–H and O–H groups in total. The van der Waals surface area contributed by atoms with Crippen LogP contribution in [0.3, 0.4) is 0 Å². The minimum Gasteiger partial charge on any atom is -0.242 e. The highest BCUT2D eigenvalue weighted by Crippen LogP contribution is 2.47. The van der Waals surface area contributed by atoms with Gasteiger partial charge >= 0.3 is 6.18 Å². The topological polar surface area (TPSA) is 47.6 Å². The molecule has 0 heterocycles. The second-order valence-corrected chi connectivity index (χ2v) is 6.54. The SMILES string of the molecule is N#Cc1cc(F)cc2c1[C@@H](c1ccc(C(F)(F)F)c(Cl)c1C#N)CC[C@H]2F. The van der Waals surface area contributed by atoms with Crippen LogP contribution in [0.4, 0.5) is 22.0 Å². The van der Waals surface area contributed by atoms with Crippen LogP contribution in [-0.4, -0.2) is 0 Å². The molecule has 0 bridgehead atoms. The Morgan fingerprint density at radius 1 is 1.04 bits per heavy atom. The molecule has 1 aliphatic carbocycles. The van der Waals surface area contributed by atoms with Crippen LogP contribution in [0.1, 0.15) is 58.3 Å². The van der Waals surface area contributed by atoms with Crippen molar-refractivity contribution in [2.75, 3.05) is 0 Å². The fourth-order valence-corrected chi connectivity index (χ4v) is 3.84. The van der Waals surface area contributed by atoms with Gasteiger partial charge in [0.1, 0.15) is 18.1 Å². The van der Waals surface area contributed by atoms with Crippen LogP contribution in [0, 0.1) is 28.5 Å². The third-order valence-electron chi connectivity index (χ3n) is 4.66. The summed E-state index contributed by atoms with van der Waals surface area (Å²) >= 11 is 5.83. The Balaban J connectivity index is 2.27. The van der Waals surface area contributed by atoms with Crippen molar-refractivity contribution in [2.24, 2.45) is 0 Å². The fourth-order valence-electron chi connectivity index (χ4n) is 3.52. The van der Waals surface area contributed by atoms with E-state index in [1.54, 1.807) is 12.1 Å². The average Bonchev–Trinajstić information content (AvgIpc) is 2.60. The Kier molecular flexibility index (Phi) is 4.84. The molecule has 3 rings (SSSR count). The predicted octanol–water partition coefficient (Wildman–Crippen LogP) is 6.18. The number of rotatable bonds is 1. The van der Waals surface area contributed by atoms with Gasteiger partial charge in [0.25, 0.3) is 0 Å². The smallest absolute Gasteiger partial charge is 0.242 e. The molecule has 2 aromatic rings. The van der Waals surface area contributed by atoms with Gasteiger partial charge in [-0.2, -0.15) is 23.7 Å². The Hall–Kier alpha value is -2.64. The zero-order valence-corrected chi connectivity index (χ0v) is 14.3. The summed E-state index contributed by atoms with van der Waals surface area (Å²) in [4.78, 5) is 0. The molecule has 2 nitrogen and oxygen atoms in total. The van der Waals surface area contributed by atoms with Crippen LogP contribution in [-0.2, 0) is 6.18 Å². The number of fused-ring (bicyclic) bond motifs is 1. The average molecular weight is 397 g/mol. The molecule has 27 heavy (non-hydrogen) atoms. The van der Waals surface area contributed by atoms with Crippen molar-refractivity contribution in [3.8, 4) is 12.1 Å². The van der Waals surface area contributed by atoms with E-state index in [2.05, 4.69) is 0 Å². The quantitative estimate of drug-likeness (QED) is 0.540. The molecule has 0 saturated carbocycles. The highest BCUT2D eigenvalue weighted by molar-refractivity contribution is 6.32. The molecule has 0 unspecified atom stereocenters. The van der Waals surface area contributed by atoms with Gasteiger partial charge in [0, 0.05) is 5.92 Å². The summed E-state index contributed by atoms with van der Waals surface area (Å²) in [5, 5.41) is 18.0. The first-order valence-corrected chi connectivity index (χ1v) is 8.24. The summed E-state index contributed by atoms with van der Waals surface area (Å²) in [6.45, 7) is 0. The summed E-state index contributed by atoms with van der Waals surface area (Å²) in [5.41, 5.74) is -1.33. The van der Waals surface area contributed by atoms with Crippen molar-refractivity contribution in [3.05, 3.63) is 68.5 Å². The van der Waals surface area contributed by atoms with Crippen molar-refractivity contribution >= 4 is 11.6 Å². The van der Waals surface area contributed by atoms with E-state index in [9.17, 15) is 32.5 Å². The Bertz CT molecular complexity index is 1000. The van der Waals surface area contributed by atoms with Gasteiger partial charge in [-0.25, -0.2) is 8.78 Å². The van der Waals surface area contributed by atoms with Gasteiger partial charge in [-0.15, -0.1) is 0 Å². The van der Waals surface area contributed by atoms with Crippen molar-refractivity contribution in [1.82, 2.24) is 0 Å². The molecule has 1 aliphatic rings. The van der Waals surface area contributed by atoms with Crippen molar-refractivity contribution in [1.29, 1.82) is 10.5 Å². The van der Waals surface area contributed by atoms with Gasteiger partial charge in [0.05, 0.1) is 27.8 Å². The first-order chi connectivity index (χ1) is 12.7. The van der Waals surface area contributed by atoms with Gasteiger partial charge < -0.3 is 0 Å². The molecule has 2 atom stereocenters. The first kappa shape index (κ1) is 19.1. The Morgan fingerprint density at radius 3 is 2.33 bits per heavy atom. The van der Waals surface area contributed by atoms with E-state index in [0.717, 1.165) is 24.3 Å². The first-order valence-electron chi connectivity index (χ1n) is 7.86. The van der Waals surface area contributed by atoms with E-state index in [4.69, 9.17) is 11.6 Å². The van der Waals surface area contributed by atoms with E-state index in [1.807, 2.05) is 0 Å². The summed E-state index contributed by atoms with van der Waals surface area (Å²) in [7, 11) is 0. The van der Waals surface area contributed by atoms with Crippen molar-refractivity contribution in [3.63, 3.8) is 0 Å². The zero-order chi connectivity index (χ0) is 19.9. The number of nitriles is 2. The van der Waals surface area contributed by atoms with Gasteiger partial charge in [-0.05, 0) is 47.7 Å². The maximum absolute atomic E-state index is 14.3. The molecule has 138 valence electrons. The normalized spacial score (nSPS) is 19.1. The lowest BCUT2D eigenvalue weighted by Crippen LogP contribution is -2.17. The fraction of sp³-hybridized carbons (Fsp3) is 0.263. The van der Waals surface area contributed by atoms with Crippen LogP contribution in [0.5, 0.6) is 0 Å². The number of hydrogen-bond donors (Lipinski definition) is 0. The summed E-state index contributed by atoms with van der Waals surface area (Å²) < 4.78 is 67.2. The van der Waals surface area contributed by atoms with E-state index in [0.29, 0.717) is 0 Å².